The highest BCUT2D eigenvalue weighted by atomic mass is 16.6. The molecule has 0 spiro atoms. The third kappa shape index (κ3) is 12.8. The van der Waals surface area contributed by atoms with Crippen LogP contribution in [0.15, 0.2) is 24.3 Å². The highest BCUT2D eigenvalue weighted by Crippen LogP contribution is 2.14. The molecular formula is C20H33N2O7. The molecule has 0 fully saturated rings. The van der Waals surface area contributed by atoms with E-state index in [1.54, 1.807) is 30.6 Å². The molecule has 9 heteroatoms. The van der Waals surface area contributed by atoms with Gasteiger partial charge in [-0.2, -0.15) is 0 Å². The second-order valence-electron chi connectivity index (χ2n) is 7.02. The Hall–Kier alpha value is -2.13. The smallest absolute Gasteiger partial charge is 0.241 e. The molecule has 0 rings (SSSR count). The molecule has 0 aliphatic carbocycles. The first kappa shape index (κ1) is 26.9. The molecule has 0 saturated carbocycles. The molecule has 0 aliphatic rings. The number of rotatable bonds is 18. The zero-order valence-corrected chi connectivity index (χ0v) is 17.0. The van der Waals surface area contributed by atoms with Gasteiger partial charge in [0, 0.05) is 29.1 Å². The lowest BCUT2D eigenvalue weighted by atomic mass is 10.0. The zero-order chi connectivity index (χ0) is 22.1. The van der Waals surface area contributed by atoms with Gasteiger partial charge in [-0.15, -0.1) is 0 Å². The normalized spacial score (nSPS) is 16.0. The van der Waals surface area contributed by atoms with Crippen molar-refractivity contribution >= 4 is 6.29 Å². The average Bonchev–Trinajstić information content (AvgIpc) is 2.66. The summed E-state index contributed by atoms with van der Waals surface area (Å²) in [5, 5.41) is 42.1. The maximum Gasteiger partial charge on any atom is 0.241 e. The molecule has 165 valence electrons. The van der Waals surface area contributed by atoms with Crippen LogP contribution in [0.2, 0.25) is 0 Å². The Morgan fingerprint density at radius 3 is 2.03 bits per heavy atom. The van der Waals surface area contributed by atoms with Gasteiger partial charge in [0.1, 0.15) is 12.2 Å². The largest absolute Gasteiger partial charge is 0.386 e. The van der Waals surface area contributed by atoms with E-state index < -0.39 is 34.1 Å². The predicted molar refractivity (Wildman–Crippen MR) is 109 cm³/mol. The van der Waals surface area contributed by atoms with Crippen molar-refractivity contribution in [2.24, 2.45) is 0 Å². The number of nitrogens with zero attached hydrogens (tertiary/aromatic N) is 2. The maximum absolute atomic E-state index is 11.1. The minimum absolute atomic E-state index is 0.107. The lowest BCUT2D eigenvalue weighted by molar-refractivity contribution is -0.535. The monoisotopic (exact) mass is 413 g/mol. The van der Waals surface area contributed by atoms with Crippen molar-refractivity contribution in [1.82, 2.24) is 0 Å². The Bertz CT molecular complexity index is 537. The highest BCUT2D eigenvalue weighted by molar-refractivity contribution is 5.50. The van der Waals surface area contributed by atoms with Crippen LogP contribution in [0.3, 0.4) is 0 Å². The van der Waals surface area contributed by atoms with Gasteiger partial charge in [0.2, 0.25) is 12.1 Å². The lowest BCUT2D eigenvalue weighted by Crippen LogP contribution is -2.33. The summed E-state index contributed by atoms with van der Waals surface area (Å²) < 4.78 is 0. The third-order valence-corrected chi connectivity index (χ3v) is 4.67. The molecule has 1 radical (unpaired) electrons. The van der Waals surface area contributed by atoms with Gasteiger partial charge in [0.15, 0.2) is 6.29 Å². The van der Waals surface area contributed by atoms with Gasteiger partial charge in [-0.1, -0.05) is 50.5 Å². The molecule has 0 saturated heterocycles. The number of allylic oxidation sites excluding steroid dienone is 2. The molecule has 9 nitrogen and oxygen atoms in total. The summed E-state index contributed by atoms with van der Waals surface area (Å²) in [5.74, 6) is 0. The summed E-state index contributed by atoms with van der Waals surface area (Å²) in [5.41, 5.74) is 0. The molecule has 0 amide bonds. The van der Waals surface area contributed by atoms with Crippen LogP contribution < -0.4 is 0 Å². The van der Waals surface area contributed by atoms with Gasteiger partial charge < -0.3 is 10.2 Å². The number of aliphatic hydroxyl groups is 2. The number of carbonyl (C=O) groups excluding carboxylic acids is 1. The SMILES string of the molecule is CCCCCC(O)C(C/C=C\C/C=C\CC(O)C(CCC[C]=O)[N+](=O)[O-])[N+](=O)[O-]. The Morgan fingerprint density at radius 2 is 1.48 bits per heavy atom. The molecule has 29 heavy (non-hydrogen) atoms. The summed E-state index contributed by atoms with van der Waals surface area (Å²) in [7, 11) is 0. The topological polar surface area (TPSA) is 144 Å². The first-order valence-electron chi connectivity index (χ1n) is 10.1. The number of nitro groups is 2. The van der Waals surface area contributed by atoms with Crippen molar-refractivity contribution in [2.45, 2.75) is 95.4 Å². The first-order chi connectivity index (χ1) is 13.8. The van der Waals surface area contributed by atoms with Gasteiger partial charge in [0.05, 0.1) is 0 Å². The molecular weight excluding hydrogens is 380 g/mol. The molecule has 0 heterocycles. The molecule has 4 unspecified atom stereocenters. The number of aliphatic hydroxyl groups excluding tert-OH is 2. The molecule has 4 atom stereocenters. The second-order valence-corrected chi connectivity index (χ2v) is 7.02. The van der Waals surface area contributed by atoms with Crippen LogP contribution in [-0.4, -0.2) is 50.6 Å². The summed E-state index contributed by atoms with van der Waals surface area (Å²) in [6, 6.07) is -2.16. The van der Waals surface area contributed by atoms with E-state index in [0.29, 0.717) is 19.3 Å². The molecule has 0 aliphatic heterocycles. The lowest BCUT2D eigenvalue weighted by Gasteiger charge is -2.14. The van der Waals surface area contributed by atoms with Crippen LogP contribution >= 0.6 is 0 Å². The Morgan fingerprint density at radius 1 is 0.862 bits per heavy atom. The van der Waals surface area contributed by atoms with Crippen LogP contribution in [0.25, 0.3) is 0 Å². The van der Waals surface area contributed by atoms with Gasteiger partial charge in [-0.25, -0.2) is 0 Å². The van der Waals surface area contributed by atoms with E-state index in [-0.39, 0.29) is 25.7 Å². The van der Waals surface area contributed by atoms with E-state index >= 15 is 0 Å². The Kier molecular flexibility index (Phi) is 15.6. The van der Waals surface area contributed by atoms with Crippen LogP contribution in [0, 0.1) is 20.2 Å². The zero-order valence-electron chi connectivity index (χ0n) is 17.0. The third-order valence-electron chi connectivity index (χ3n) is 4.67. The fourth-order valence-electron chi connectivity index (χ4n) is 2.90. The quantitative estimate of drug-likeness (QED) is 0.152. The van der Waals surface area contributed by atoms with E-state index in [2.05, 4.69) is 0 Å². The fourth-order valence-corrected chi connectivity index (χ4v) is 2.90. The fraction of sp³-hybridized carbons (Fsp3) is 0.750. The van der Waals surface area contributed by atoms with Crippen molar-refractivity contribution in [3.63, 3.8) is 0 Å². The van der Waals surface area contributed by atoms with Crippen molar-refractivity contribution < 1.29 is 24.9 Å². The van der Waals surface area contributed by atoms with Crippen LogP contribution in [-0.2, 0) is 4.79 Å². The molecule has 0 aromatic heterocycles. The summed E-state index contributed by atoms with van der Waals surface area (Å²) >= 11 is 0. The van der Waals surface area contributed by atoms with Crippen LogP contribution in [0.1, 0.15) is 71.1 Å². The van der Waals surface area contributed by atoms with E-state index in [4.69, 9.17) is 0 Å². The van der Waals surface area contributed by atoms with Gasteiger partial charge in [0.25, 0.3) is 0 Å². The average molecular weight is 413 g/mol. The molecule has 2 N–H and O–H groups in total. The van der Waals surface area contributed by atoms with Gasteiger partial charge >= 0.3 is 0 Å². The predicted octanol–water partition coefficient (Wildman–Crippen LogP) is 3.14. The maximum atomic E-state index is 11.1. The van der Waals surface area contributed by atoms with Crippen molar-refractivity contribution in [3.05, 3.63) is 44.5 Å². The minimum atomic E-state index is -1.14. The number of hydrogen-bond acceptors (Lipinski definition) is 7. The standard InChI is InChI=1S/C20H33N2O7/c1-2-3-7-14-19(24)17(21(26)27)12-8-5-4-6-9-15-20(25)18(22(28)29)13-10-11-16-23/h5-6,8-9,17-20,24-25H,2-4,7,10-15H2,1H3/b8-5-,9-6-. The van der Waals surface area contributed by atoms with Gasteiger partial charge in [-0.05, 0) is 25.7 Å². The molecule has 0 bridgehead atoms. The van der Waals surface area contributed by atoms with Crippen molar-refractivity contribution in [2.75, 3.05) is 0 Å². The Labute approximate surface area is 171 Å². The second kappa shape index (κ2) is 16.8. The summed E-state index contributed by atoms with van der Waals surface area (Å²) in [6.45, 7) is 2.02. The van der Waals surface area contributed by atoms with Crippen LogP contribution in [0.5, 0.6) is 0 Å². The highest BCUT2D eigenvalue weighted by Gasteiger charge is 2.28. The molecule has 0 aromatic rings. The van der Waals surface area contributed by atoms with E-state index in [9.17, 15) is 35.2 Å². The van der Waals surface area contributed by atoms with Gasteiger partial charge in [-0.3, -0.25) is 25.0 Å². The summed E-state index contributed by atoms with van der Waals surface area (Å²) in [4.78, 5) is 31.3. The van der Waals surface area contributed by atoms with Crippen LogP contribution in [0.4, 0.5) is 0 Å². The van der Waals surface area contributed by atoms with Crippen molar-refractivity contribution in [1.29, 1.82) is 0 Å². The van der Waals surface area contributed by atoms with E-state index in [1.807, 2.05) is 6.92 Å². The Balaban J connectivity index is 4.34. The van der Waals surface area contributed by atoms with E-state index in [0.717, 1.165) is 19.3 Å². The van der Waals surface area contributed by atoms with Crippen molar-refractivity contribution in [3.8, 4) is 0 Å². The number of unbranched alkanes of at least 4 members (excludes halogenated alkanes) is 3. The number of hydrogen-bond donors (Lipinski definition) is 2. The molecule has 0 aromatic carbocycles. The minimum Gasteiger partial charge on any atom is -0.386 e. The first-order valence-corrected chi connectivity index (χ1v) is 10.1. The summed E-state index contributed by atoms with van der Waals surface area (Å²) in [6.07, 6.45) is 10.6. The van der Waals surface area contributed by atoms with E-state index in [1.165, 1.54) is 0 Å².